The molecule has 0 saturated heterocycles. The summed E-state index contributed by atoms with van der Waals surface area (Å²) in [4.78, 5) is 12.0. The van der Waals surface area contributed by atoms with Crippen LogP contribution in [0.4, 0.5) is 0 Å². The molecule has 0 heterocycles. The zero-order valence-corrected chi connectivity index (χ0v) is 55.8. The third-order valence-electron chi connectivity index (χ3n) is 13.6. The number of carbonyl (C=O) groups excluding carboxylic acids is 1. The third-order valence-corrected chi connectivity index (χ3v) is 15.3. The van der Waals surface area contributed by atoms with Crippen LogP contribution in [0.1, 0.15) is 32.6 Å². The first-order chi connectivity index (χ1) is 38.8. The Morgan fingerprint density at radius 3 is 1.14 bits per heavy atom. The Morgan fingerprint density at radius 2 is 0.651 bits per heavy atom. The zero-order valence-electron chi connectivity index (χ0n) is 45.0. The molecule has 0 radical (unpaired) electrons. The average molecular weight is 1420 g/mol. The number of hydrogen-bond acceptors (Lipinski definition) is 2. The largest absolute Gasteiger partial charge is 2.00 e. The van der Waals surface area contributed by atoms with Gasteiger partial charge in [0.1, 0.15) is 5.60 Å². The molecule has 9 heteroatoms. The molecule has 0 spiro atoms. The van der Waals surface area contributed by atoms with Gasteiger partial charge in [-0.15, -0.1) is 71.8 Å². The van der Waals surface area contributed by atoms with Gasteiger partial charge >= 0.3 is 46.1 Å². The van der Waals surface area contributed by atoms with Crippen LogP contribution in [-0.2, 0) is 5.60 Å². The van der Waals surface area contributed by atoms with Gasteiger partial charge in [-0.1, -0.05) is 283 Å². The van der Waals surface area contributed by atoms with Crippen molar-refractivity contribution in [2.45, 2.75) is 5.60 Å². The Bertz CT molecular complexity index is 3820. The van der Waals surface area contributed by atoms with Gasteiger partial charge in [-0.25, -0.2) is 0 Å². The van der Waals surface area contributed by atoms with Gasteiger partial charge in [0.05, 0.1) is 0 Å². The van der Waals surface area contributed by atoms with E-state index in [9.17, 15) is 9.90 Å². The van der Waals surface area contributed by atoms with Gasteiger partial charge in [0.15, 0.2) is 5.78 Å². The fraction of sp³-hybridized carbons (Fsp3) is 0.0135. The Balaban J connectivity index is 0.000000172. The smallest absolute Gasteiger partial charge is 1.00 e. The van der Waals surface area contributed by atoms with Crippen molar-refractivity contribution in [2.24, 2.45) is 0 Å². The minimum absolute atomic E-state index is 0. The van der Waals surface area contributed by atoms with Crippen molar-refractivity contribution in [1.29, 1.82) is 0 Å². The molecule has 0 amide bonds. The normalized spacial score (nSPS) is 12.3. The van der Waals surface area contributed by atoms with E-state index in [1.807, 2.05) is 200 Å². The molecule has 0 saturated carbocycles. The maximum absolute atomic E-state index is 12.2. The van der Waals surface area contributed by atoms with Crippen molar-refractivity contribution >= 4 is 99.7 Å². The number of hydrogen-bond donors (Lipinski definition) is 1. The molecule has 1 atom stereocenters. The second kappa shape index (κ2) is 32.5. The maximum atomic E-state index is 12.2. The Hall–Kier alpha value is -5.80. The SMILES string of the molecule is Brc1ccccc1-c1ccccc1.O=C1c2ccccc2-c2ccc(Br)cc21.OC1(c2ccccc2-c2ccccc2)c2ccccc2-c2ccc(Br)cc21.[Br-].[Br-].[Mg+2].[Mg+2].[c-]1ccccc1-c1ccccc1.[c-]1ccccc1-c1ccccc1. The summed E-state index contributed by atoms with van der Waals surface area (Å²) >= 11 is 10.5. The Morgan fingerprint density at radius 1 is 0.301 bits per heavy atom. The van der Waals surface area contributed by atoms with Crippen molar-refractivity contribution in [3.8, 4) is 66.8 Å². The Kier molecular flexibility index (Phi) is 26.0. The number of fused-ring (bicyclic) bond motifs is 6. The van der Waals surface area contributed by atoms with Crippen LogP contribution in [-0.4, -0.2) is 57.0 Å². The molecular formula is C74H51Br5Mg2O2. The van der Waals surface area contributed by atoms with Gasteiger partial charge in [-0.2, -0.15) is 0 Å². The van der Waals surface area contributed by atoms with E-state index in [1.165, 1.54) is 22.3 Å². The average Bonchev–Trinajstić information content (AvgIpc) is 2.03. The van der Waals surface area contributed by atoms with E-state index in [-0.39, 0.29) is 85.9 Å². The fourth-order valence-corrected chi connectivity index (χ4v) is 11.1. The van der Waals surface area contributed by atoms with E-state index in [1.54, 1.807) is 0 Å². The summed E-state index contributed by atoms with van der Waals surface area (Å²) < 4.78 is 3.05. The number of benzene rings is 12. The fourth-order valence-electron chi connectivity index (χ4n) is 9.88. The molecule has 398 valence electrons. The van der Waals surface area contributed by atoms with Gasteiger partial charge in [-0.05, 0) is 74.8 Å². The van der Waals surface area contributed by atoms with E-state index in [4.69, 9.17) is 0 Å². The molecule has 1 unspecified atom stereocenters. The van der Waals surface area contributed by atoms with Gasteiger partial charge in [0, 0.05) is 41.2 Å². The predicted octanol–water partition coefficient (Wildman–Crippen LogP) is 13.7. The van der Waals surface area contributed by atoms with Crippen LogP contribution >= 0.6 is 47.8 Å². The molecule has 14 rings (SSSR count). The monoisotopic (exact) mass is 1410 g/mol. The van der Waals surface area contributed by atoms with Crippen molar-refractivity contribution in [3.05, 3.63) is 357 Å². The first kappa shape index (κ1) is 66.3. The number of halogens is 5. The number of rotatable bonds is 5. The molecule has 2 aliphatic rings. The third kappa shape index (κ3) is 15.9. The summed E-state index contributed by atoms with van der Waals surface area (Å²) in [5.74, 6) is 0.127. The van der Waals surface area contributed by atoms with Crippen molar-refractivity contribution in [2.75, 3.05) is 0 Å². The quantitative estimate of drug-likeness (QED) is 0.138. The van der Waals surface area contributed by atoms with Crippen LogP contribution in [0.15, 0.2) is 317 Å². The number of ketones is 1. The van der Waals surface area contributed by atoms with E-state index in [0.717, 1.165) is 85.7 Å². The van der Waals surface area contributed by atoms with Crippen LogP contribution in [0.2, 0.25) is 0 Å². The summed E-state index contributed by atoms with van der Waals surface area (Å²) in [7, 11) is 0. The minimum atomic E-state index is -1.19. The zero-order chi connectivity index (χ0) is 54.4. The summed E-state index contributed by atoms with van der Waals surface area (Å²) in [5.41, 5.74) is 16.8. The second-order valence-corrected chi connectivity index (χ2v) is 21.2. The standard InChI is InChI=1S/C25H17BrO.C13H7BrO.C12H9Br.2C12H9.2BrH.2Mg/c26-18-14-15-21-20-11-5-7-13-23(20)25(27,24(21)16-18)22-12-6-4-10-19(22)17-8-2-1-3-9-17;14-8-5-6-10-9-3-1-2-4-11(9)13(15)12(10)7-8;13-12-9-5-4-8-11(12)10-6-2-1-3-7-10;2*1-3-7-11(8-4-1)12-9-5-2-6-10-12;;;;/h1-16,27H;1-7H;1-9H;2*1-9H;2*1H;;/q;;;2*-1;;;2*+2/p-2. The van der Waals surface area contributed by atoms with Crippen molar-refractivity contribution in [3.63, 3.8) is 0 Å². The molecule has 2 nitrogen and oxygen atoms in total. The summed E-state index contributed by atoms with van der Waals surface area (Å²) in [6.07, 6.45) is 0. The van der Waals surface area contributed by atoms with E-state index >= 15 is 0 Å². The Labute approximate surface area is 566 Å². The number of aliphatic hydroxyl groups is 1. The van der Waals surface area contributed by atoms with Crippen LogP contribution in [0, 0.1) is 12.1 Å². The molecule has 12 aromatic rings. The van der Waals surface area contributed by atoms with Crippen LogP contribution in [0.5, 0.6) is 0 Å². The maximum Gasteiger partial charge on any atom is 2.00 e. The summed E-state index contributed by atoms with van der Waals surface area (Å²) in [5, 5.41) is 12.2. The molecule has 12 aromatic carbocycles. The van der Waals surface area contributed by atoms with Crippen LogP contribution in [0.25, 0.3) is 66.8 Å². The van der Waals surface area contributed by atoms with Crippen molar-refractivity contribution in [1.82, 2.24) is 0 Å². The topological polar surface area (TPSA) is 37.3 Å². The number of carbonyl (C=O) groups is 1. The molecule has 0 fully saturated rings. The van der Waals surface area contributed by atoms with E-state index in [2.05, 4.69) is 163 Å². The predicted molar refractivity (Wildman–Crippen MR) is 349 cm³/mol. The summed E-state index contributed by atoms with van der Waals surface area (Å²) in [6.45, 7) is 0. The molecular weight excluding hydrogens is 1370 g/mol. The molecule has 83 heavy (non-hydrogen) atoms. The molecule has 0 bridgehead atoms. The van der Waals surface area contributed by atoms with Gasteiger partial charge in [0.25, 0.3) is 0 Å². The van der Waals surface area contributed by atoms with Crippen LogP contribution < -0.4 is 34.0 Å². The van der Waals surface area contributed by atoms with Gasteiger partial charge in [-0.3, -0.25) is 4.79 Å². The van der Waals surface area contributed by atoms with E-state index < -0.39 is 5.60 Å². The molecule has 2 aliphatic carbocycles. The first-order valence-corrected chi connectivity index (χ1v) is 28.2. The molecule has 0 aromatic heterocycles. The first-order valence-electron chi connectivity index (χ1n) is 25.8. The second-order valence-electron chi connectivity index (χ2n) is 18.6. The molecule has 1 N–H and O–H groups in total. The van der Waals surface area contributed by atoms with Gasteiger partial charge in [0.2, 0.25) is 0 Å². The van der Waals surface area contributed by atoms with Gasteiger partial charge < -0.3 is 39.1 Å². The van der Waals surface area contributed by atoms with E-state index in [0.29, 0.717) is 0 Å². The minimum Gasteiger partial charge on any atom is -1.00 e. The molecule has 0 aliphatic heterocycles. The summed E-state index contributed by atoms with van der Waals surface area (Å²) in [6, 6.07) is 108. The van der Waals surface area contributed by atoms with Crippen molar-refractivity contribution < 1.29 is 43.9 Å². The van der Waals surface area contributed by atoms with Crippen LogP contribution in [0.3, 0.4) is 0 Å².